The van der Waals surface area contributed by atoms with E-state index in [-0.39, 0.29) is 49.0 Å². The molecule has 14 heteroatoms. The smallest absolute Gasteiger partial charge is 0.453 e. The van der Waals surface area contributed by atoms with Crippen LogP contribution in [0.2, 0.25) is 0 Å². The number of nitrogens with two attached hydrogens (primary N) is 1. The fourth-order valence-electron chi connectivity index (χ4n) is 5.52. The van der Waals surface area contributed by atoms with Gasteiger partial charge in [0, 0.05) is 43.7 Å². The minimum Gasteiger partial charge on any atom is -0.496 e. The van der Waals surface area contributed by atoms with Crippen LogP contribution in [0.25, 0.3) is 5.69 Å². The maximum absolute atomic E-state index is 13.5. The molecule has 2 N–H and O–H groups in total. The number of halogens is 5. The second kappa shape index (κ2) is 14.6. The van der Waals surface area contributed by atoms with Gasteiger partial charge in [-0.05, 0) is 39.8 Å². The van der Waals surface area contributed by atoms with Crippen LogP contribution in [-0.4, -0.2) is 75.2 Å². The molecule has 1 saturated heterocycles. The van der Waals surface area contributed by atoms with Gasteiger partial charge in [-0.25, -0.2) is 0 Å². The van der Waals surface area contributed by atoms with E-state index in [0.29, 0.717) is 42.2 Å². The van der Waals surface area contributed by atoms with Crippen LogP contribution < -0.4 is 10.5 Å². The molecule has 1 unspecified atom stereocenters. The van der Waals surface area contributed by atoms with Crippen molar-refractivity contribution < 1.29 is 22.7 Å². The molecular formula is C29H32Cl2F3N7O2. The van der Waals surface area contributed by atoms with Crippen molar-refractivity contribution in [2.75, 3.05) is 33.3 Å². The van der Waals surface area contributed by atoms with Crippen molar-refractivity contribution in [1.29, 1.82) is 0 Å². The highest BCUT2D eigenvalue weighted by Gasteiger charge is 2.39. The van der Waals surface area contributed by atoms with Gasteiger partial charge in [-0.1, -0.05) is 60.7 Å². The predicted molar refractivity (Wildman–Crippen MR) is 160 cm³/mol. The second-order valence-electron chi connectivity index (χ2n) is 9.95. The highest BCUT2D eigenvalue weighted by molar-refractivity contribution is 5.85. The van der Waals surface area contributed by atoms with Crippen LogP contribution >= 0.6 is 24.8 Å². The number of hydrogen-bond acceptors (Lipinski definition) is 7. The van der Waals surface area contributed by atoms with Crippen LogP contribution in [0.3, 0.4) is 0 Å². The summed E-state index contributed by atoms with van der Waals surface area (Å²) in [5.41, 5.74) is 8.74. The third-order valence-corrected chi connectivity index (χ3v) is 7.30. The lowest BCUT2D eigenvalue weighted by Crippen LogP contribution is -2.57. The molecule has 0 bridgehead atoms. The Morgan fingerprint density at radius 3 is 2.19 bits per heavy atom. The van der Waals surface area contributed by atoms with Crippen LogP contribution in [0.4, 0.5) is 13.2 Å². The van der Waals surface area contributed by atoms with Gasteiger partial charge in [-0.15, -0.1) is 29.9 Å². The third-order valence-electron chi connectivity index (χ3n) is 7.30. The number of piperazine rings is 1. The summed E-state index contributed by atoms with van der Waals surface area (Å²) in [5.74, 6) is -1.13. The van der Waals surface area contributed by atoms with Crippen LogP contribution in [0.1, 0.15) is 28.4 Å². The van der Waals surface area contributed by atoms with Gasteiger partial charge >= 0.3 is 6.18 Å². The lowest BCUT2D eigenvalue weighted by molar-refractivity contribution is -0.146. The van der Waals surface area contributed by atoms with Gasteiger partial charge in [0.05, 0.1) is 19.3 Å². The molecule has 1 aromatic heterocycles. The number of alkyl halides is 3. The van der Waals surface area contributed by atoms with Crippen molar-refractivity contribution in [1.82, 2.24) is 30.0 Å². The number of nitrogens with zero attached hydrogens (tertiary/aromatic N) is 6. The number of tetrazole rings is 1. The topological polar surface area (TPSA) is 102 Å². The predicted octanol–water partition coefficient (Wildman–Crippen LogP) is 4.34. The average molecular weight is 639 g/mol. The van der Waals surface area contributed by atoms with Gasteiger partial charge in [0.15, 0.2) is 0 Å². The quantitative estimate of drug-likeness (QED) is 0.291. The number of benzene rings is 3. The van der Waals surface area contributed by atoms with Gasteiger partial charge < -0.3 is 10.5 Å². The third kappa shape index (κ3) is 7.82. The minimum absolute atomic E-state index is 0. The molecule has 0 spiro atoms. The summed E-state index contributed by atoms with van der Waals surface area (Å²) < 4.78 is 46.7. The van der Waals surface area contributed by atoms with Crippen molar-refractivity contribution in [3.63, 3.8) is 0 Å². The Balaban J connectivity index is 0.00000253. The Labute approximate surface area is 259 Å². The van der Waals surface area contributed by atoms with Crippen molar-refractivity contribution in [3.8, 4) is 11.4 Å². The standard InChI is InChI=1S/C29H30F3N7O2.2ClH/c1-41-25-13-12-23(39-28(29(30,31)32)34-35-36-39)16-22(25)17-37-14-15-38(19-26(33)40)24(18-37)27(20-8-4-2-5-9-20)21-10-6-3-7-11-21;;/h2-13,16,24,27H,14-15,17-19H2,1H3,(H2,33,40);2*1H. The van der Waals surface area contributed by atoms with E-state index in [4.69, 9.17) is 10.5 Å². The SMILES string of the molecule is COc1ccc(-n2nnnc2C(F)(F)F)cc1CN1CCN(CC(N)=O)C(C(c2ccccc2)c2ccccc2)C1.Cl.Cl. The van der Waals surface area contributed by atoms with Crippen LogP contribution in [0.15, 0.2) is 78.9 Å². The van der Waals surface area contributed by atoms with Crippen molar-refractivity contribution >= 4 is 30.7 Å². The summed E-state index contributed by atoms with van der Waals surface area (Å²) in [6.07, 6.45) is -4.71. The van der Waals surface area contributed by atoms with E-state index in [2.05, 4.69) is 49.6 Å². The Morgan fingerprint density at radius 1 is 1.00 bits per heavy atom. The number of carbonyl (C=O) groups excluding carboxylic acids is 1. The second-order valence-corrected chi connectivity index (χ2v) is 9.95. The Bertz CT molecular complexity index is 1440. The molecule has 1 fully saturated rings. The van der Waals surface area contributed by atoms with Crippen LogP contribution in [0, 0.1) is 0 Å². The summed E-state index contributed by atoms with van der Waals surface area (Å²) in [7, 11) is 1.52. The van der Waals surface area contributed by atoms with Gasteiger partial charge in [-0.3, -0.25) is 14.6 Å². The monoisotopic (exact) mass is 637 g/mol. The number of ether oxygens (including phenoxy) is 1. The lowest BCUT2D eigenvalue weighted by Gasteiger charge is -2.45. The zero-order valence-electron chi connectivity index (χ0n) is 23.2. The summed E-state index contributed by atoms with van der Waals surface area (Å²) in [4.78, 5) is 16.4. The summed E-state index contributed by atoms with van der Waals surface area (Å²) in [6.45, 7) is 2.29. The molecule has 5 rings (SSSR count). The van der Waals surface area contributed by atoms with E-state index >= 15 is 0 Å². The van der Waals surface area contributed by atoms with Gasteiger partial charge in [0.1, 0.15) is 5.75 Å². The molecular weight excluding hydrogens is 606 g/mol. The number of rotatable bonds is 9. The molecule has 9 nitrogen and oxygen atoms in total. The fraction of sp³-hybridized carbons (Fsp3) is 0.310. The first-order valence-corrected chi connectivity index (χ1v) is 13.1. The maximum Gasteiger partial charge on any atom is 0.453 e. The molecule has 0 aliphatic carbocycles. The molecule has 0 radical (unpaired) electrons. The molecule has 43 heavy (non-hydrogen) atoms. The first-order valence-electron chi connectivity index (χ1n) is 13.1. The molecule has 1 aliphatic rings. The van der Waals surface area contributed by atoms with E-state index in [9.17, 15) is 18.0 Å². The number of aromatic nitrogens is 4. The fourth-order valence-corrected chi connectivity index (χ4v) is 5.52. The lowest BCUT2D eigenvalue weighted by atomic mass is 9.83. The summed E-state index contributed by atoms with van der Waals surface area (Å²) >= 11 is 0. The van der Waals surface area contributed by atoms with Crippen LogP contribution in [0.5, 0.6) is 5.75 Å². The summed E-state index contributed by atoms with van der Waals surface area (Å²) in [5, 5.41) is 9.96. The summed E-state index contributed by atoms with van der Waals surface area (Å²) in [6, 6.07) is 24.8. The number of amides is 1. The molecule has 1 aliphatic heterocycles. The first kappa shape index (κ1) is 33.8. The Kier molecular flexibility index (Phi) is 11.5. The minimum atomic E-state index is -4.71. The number of carbonyl (C=O) groups is 1. The van der Waals surface area contributed by atoms with Gasteiger partial charge in [0.25, 0.3) is 5.82 Å². The maximum atomic E-state index is 13.5. The molecule has 1 atom stereocenters. The van der Waals surface area contributed by atoms with Gasteiger partial charge in [0.2, 0.25) is 5.91 Å². The molecule has 4 aromatic rings. The number of primary amides is 1. The van der Waals surface area contributed by atoms with E-state index in [1.165, 1.54) is 13.2 Å². The zero-order valence-corrected chi connectivity index (χ0v) is 24.9. The normalized spacial score (nSPS) is 15.9. The van der Waals surface area contributed by atoms with E-state index in [1.54, 1.807) is 12.1 Å². The highest BCUT2D eigenvalue weighted by Crippen LogP contribution is 2.34. The van der Waals surface area contributed by atoms with E-state index in [0.717, 1.165) is 11.1 Å². The van der Waals surface area contributed by atoms with Crippen LogP contribution in [-0.2, 0) is 17.5 Å². The largest absolute Gasteiger partial charge is 0.496 e. The zero-order chi connectivity index (χ0) is 29.0. The Hall–Kier alpha value is -3.71. The Morgan fingerprint density at radius 2 is 1.63 bits per heavy atom. The molecule has 1 amide bonds. The van der Waals surface area contributed by atoms with Gasteiger partial charge in [-0.2, -0.15) is 17.9 Å². The molecule has 2 heterocycles. The molecule has 3 aromatic carbocycles. The highest BCUT2D eigenvalue weighted by atomic mass is 35.5. The van der Waals surface area contributed by atoms with E-state index < -0.39 is 17.9 Å². The van der Waals surface area contributed by atoms with Crippen molar-refractivity contribution in [2.45, 2.75) is 24.7 Å². The van der Waals surface area contributed by atoms with Crippen molar-refractivity contribution in [2.24, 2.45) is 5.73 Å². The molecule has 230 valence electrons. The number of methoxy groups -OCH3 is 1. The number of hydrogen-bond donors (Lipinski definition) is 1. The first-order chi connectivity index (χ1) is 19.7. The van der Waals surface area contributed by atoms with Crippen molar-refractivity contribution in [3.05, 3.63) is 101 Å². The average Bonchev–Trinajstić information content (AvgIpc) is 3.47. The molecule has 0 saturated carbocycles. The van der Waals surface area contributed by atoms with E-state index in [1.807, 2.05) is 36.4 Å².